The van der Waals surface area contributed by atoms with Gasteiger partial charge in [0.15, 0.2) is 17.5 Å². The van der Waals surface area contributed by atoms with Gasteiger partial charge in [-0.3, -0.25) is 0 Å². The second-order valence-electron chi connectivity index (χ2n) is 11.6. The van der Waals surface area contributed by atoms with E-state index in [4.69, 9.17) is 19.4 Å². The minimum atomic E-state index is 0.630. The normalized spacial score (nSPS) is 11.4. The van der Waals surface area contributed by atoms with Crippen LogP contribution in [0.25, 0.3) is 89.1 Å². The van der Waals surface area contributed by atoms with Crippen molar-refractivity contribution in [1.82, 2.24) is 15.0 Å². The summed E-state index contributed by atoms with van der Waals surface area (Å²) in [4.78, 5) is 15.1. The van der Waals surface area contributed by atoms with Crippen molar-refractivity contribution < 1.29 is 4.42 Å². The Kier molecular flexibility index (Phi) is 6.43. The maximum absolute atomic E-state index is 6.15. The van der Waals surface area contributed by atoms with Crippen LogP contribution < -0.4 is 0 Å². The summed E-state index contributed by atoms with van der Waals surface area (Å²) in [6.07, 6.45) is 0. The number of hydrogen-bond donors (Lipinski definition) is 0. The van der Waals surface area contributed by atoms with Gasteiger partial charge >= 0.3 is 0 Å². The first-order valence-corrected chi connectivity index (χ1v) is 15.7. The number of benzene rings is 7. The molecular formula is C43H27N3O. The molecule has 2 aromatic heterocycles. The van der Waals surface area contributed by atoms with Gasteiger partial charge < -0.3 is 4.42 Å². The molecule has 0 fully saturated rings. The lowest BCUT2D eigenvalue weighted by Crippen LogP contribution is -2.00. The summed E-state index contributed by atoms with van der Waals surface area (Å²) in [5.41, 5.74) is 9.21. The van der Waals surface area contributed by atoms with Crippen molar-refractivity contribution in [2.24, 2.45) is 0 Å². The smallest absolute Gasteiger partial charge is 0.164 e. The molecule has 47 heavy (non-hydrogen) atoms. The van der Waals surface area contributed by atoms with E-state index in [0.717, 1.165) is 60.5 Å². The summed E-state index contributed by atoms with van der Waals surface area (Å²) in [6.45, 7) is 0. The first-order valence-electron chi connectivity index (χ1n) is 15.7. The molecule has 4 nitrogen and oxygen atoms in total. The Labute approximate surface area is 271 Å². The molecule has 0 saturated carbocycles. The van der Waals surface area contributed by atoms with Crippen molar-refractivity contribution in [3.8, 4) is 56.4 Å². The summed E-state index contributed by atoms with van der Waals surface area (Å²) < 4.78 is 6.15. The largest absolute Gasteiger partial charge is 0.456 e. The van der Waals surface area contributed by atoms with Crippen LogP contribution in [0.4, 0.5) is 0 Å². The van der Waals surface area contributed by atoms with Crippen LogP contribution in [0.1, 0.15) is 0 Å². The van der Waals surface area contributed by atoms with Gasteiger partial charge in [0.25, 0.3) is 0 Å². The van der Waals surface area contributed by atoms with Gasteiger partial charge in [-0.1, -0.05) is 146 Å². The van der Waals surface area contributed by atoms with Crippen LogP contribution in [0.15, 0.2) is 168 Å². The van der Waals surface area contributed by atoms with Crippen LogP contribution in [0, 0.1) is 0 Å². The van der Waals surface area contributed by atoms with Crippen molar-refractivity contribution in [1.29, 1.82) is 0 Å². The topological polar surface area (TPSA) is 51.8 Å². The highest BCUT2D eigenvalue weighted by atomic mass is 16.3. The average molecular weight is 602 g/mol. The van der Waals surface area contributed by atoms with Crippen molar-refractivity contribution in [2.75, 3.05) is 0 Å². The van der Waals surface area contributed by atoms with Gasteiger partial charge in [0.05, 0.1) is 0 Å². The molecule has 4 heteroatoms. The third kappa shape index (κ3) is 4.84. The predicted octanol–water partition coefficient (Wildman–Crippen LogP) is 11.3. The molecule has 0 aliphatic rings. The number of furan rings is 1. The van der Waals surface area contributed by atoms with E-state index in [1.165, 1.54) is 11.1 Å². The maximum Gasteiger partial charge on any atom is 0.164 e. The summed E-state index contributed by atoms with van der Waals surface area (Å²) >= 11 is 0. The number of rotatable bonds is 5. The van der Waals surface area contributed by atoms with Crippen LogP contribution in [0.2, 0.25) is 0 Å². The zero-order valence-electron chi connectivity index (χ0n) is 25.3. The molecule has 0 atom stereocenters. The maximum atomic E-state index is 6.15. The van der Waals surface area contributed by atoms with Gasteiger partial charge in [0.1, 0.15) is 11.2 Å². The Hall–Kier alpha value is -6.39. The Bertz CT molecular complexity index is 2550. The van der Waals surface area contributed by atoms with Crippen LogP contribution in [-0.4, -0.2) is 15.0 Å². The highest BCUT2D eigenvalue weighted by Gasteiger charge is 2.16. The summed E-state index contributed by atoms with van der Waals surface area (Å²) in [5, 5.41) is 4.47. The number of aromatic nitrogens is 3. The highest BCUT2D eigenvalue weighted by molar-refractivity contribution is 6.12. The molecule has 9 rings (SSSR count). The second-order valence-corrected chi connectivity index (χ2v) is 11.6. The average Bonchev–Trinajstić information content (AvgIpc) is 3.54. The molecule has 0 amide bonds. The number of para-hydroxylation sites is 1. The van der Waals surface area contributed by atoms with Crippen LogP contribution in [-0.2, 0) is 0 Å². The standard InChI is InChI=1S/C43H27N3O/c1-3-11-28(12-4-1)32-25-26-34-33(27-32)15-9-18-36(34)43-45-41(30-13-5-2-6-14-30)44-42(46-43)31-23-21-29(22-24-31)35-17-10-20-39-40(35)37-16-7-8-19-38(37)47-39/h1-27H. The van der Waals surface area contributed by atoms with Crippen LogP contribution >= 0.6 is 0 Å². The molecule has 7 aromatic carbocycles. The Morgan fingerprint density at radius 2 is 0.915 bits per heavy atom. The first kappa shape index (κ1) is 27.0. The molecule has 0 aliphatic heterocycles. The fourth-order valence-corrected chi connectivity index (χ4v) is 6.44. The van der Waals surface area contributed by atoms with E-state index in [0.29, 0.717) is 17.5 Å². The van der Waals surface area contributed by atoms with Gasteiger partial charge in [0, 0.05) is 27.5 Å². The molecule has 0 saturated heterocycles. The van der Waals surface area contributed by atoms with E-state index in [1.807, 2.05) is 60.7 Å². The van der Waals surface area contributed by atoms with Crippen LogP contribution in [0.3, 0.4) is 0 Å². The monoisotopic (exact) mass is 601 g/mol. The SMILES string of the molecule is c1ccc(-c2ccc3c(-c4nc(-c5ccccc5)nc(-c5ccc(-c6cccc7oc8ccccc8c67)cc5)n4)cccc3c2)cc1. The Morgan fingerprint density at radius 3 is 1.70 bits per heavy atom. The second kappa shape index (κ2) is 11.2. The molecule has 0 spiro atoms. The molecule has 2 heterocycles. The number of hydrogen-bond acceptors (Lipinski definition) is 4. The lowest BCUT2D eigenvalue weighted by atomic mass is 9.98. The lowest BCUT2D eigenvalue weighted by molar-refractivity contribution is 0.669. The third-order valence-corrected chi connectivity index (χ3v) is 8.75. The molecule has 0 N–H and O–H groups in total. The van der Waals surface area contributed by atoms with Crippen molar-refractivity contribution >= 4 is 32.7 Å². The summed E-state index contributed by atoms with van der Waals surface area (Å²) in [7, 11) is 0. The lowest BCUT2D eigenvalue weighted by Gasteiger charge is -2.12. The van der Waals surface area contributed by atoms with E-state index in [-0.39, 0.29) is 0 Å². The molecule has 0 aliphatic carbocycles. The van der Waals surface area contributed by atoms with E-state index in [2.05, 4.69) is 103 Å². The van der Waals surface area contributed by atoms with E-state index in [1.54, 1.807) is 0 Å². The van der Waals surface area contributed by atoms with Gasteiger partial charge in [-0.2, -0.15) is 0 Å². The van der Waals surface area contributed by atoms with Crippen LogP contribution in [0.5, 0.6) is 0 Å². The van der Waals surface area contributed by atoms with Crippen molar-refractivity contribution in [3.05, 3.63) is 164 Å². The zero-order valence-corrected chi connectivity index (χ0v) is 25.3. The van der Waals surface area contributed by atoms with Gasteiger partial charge in [-0.05, 0) is 51.2 Å². The van der Waals surface area contributed by atoms with Gasteiger partial charge in [0.2, 0.25) is 0 Å². The Balaban J connectivity index is 1.16. The van der Waals surface area contributed by atoms with Gasteiger partial charge in [-0.25, -0.2) is 15.0 Å². The fourth-order valence-electron chi connectivity index (χ4n) is 6.44. The highest BCUT2D eigenvalue weighted by Crippen LogP contribution is 2.37. The fraction of sp³-hybridized carbons (Fsp3) is 0. The molecular weight excluding hydrogens is 574 g/mol. The van der Waals surface area contributed by atoms with Crippen molar-refractivity contribution in [3.63, 3.8) is 0 Å². The zero-order chi connectivity index (χ0) is 31.2. The van der Waals surface area contributed by atoms with E-state index >= 15 is 0 Å². The quantitative estimate of drug-likeness (QED) is 0.197. The van der Waals surface area contributed by atoms with Gasteiger partial charge in [-0.15, -0.1) is 0 Å². The summed E-state index contributed by atoms with van der Waals surface area (Å²) in [5.74, 6) is 1.91. The number of fused-ring (bicyclic) bond motifs is 4. The number of nitrogens with zero attached hydrogens (tertiary/aromatic N) is 3. The van der Waals surface area contributed by atoms with E-state index in [9.17, 15) is 0 Å². The molecule has 0 radical (unpaired) electrons. The van der Waals surface area contributed by atoms with Crippen molar-refractivity contribution in [2.45, 2.75) is 0 Å². The molecule has 9 aromatic rings. The van der Waals surface area contributed by atoms with E-state index < -0.39 is 0 Å². The summed E-state index contributed by atoms with van der Waals surface area (Å²) in [6, 6.07) is 56.3. The Morgan fingerprint density at radius 1 is 0.340 bits per heavy atom. The molecule has 220 valence electrons. The molecule has 0 bridgehead atoms. The molecule has 0 unspecified atom stereocenters. The minimum Gasteiger partial charge on any atom is -0.456 e. The predicted molar refractivity (Wildman–Crippen MR) is 192 cm³/mol. The first-order chi connectivity index (χ1) is 23.3. The minimum absolute atomic E-state index is 0.630. The third-order valence-electron chi connectivity index (χ3n) is 8.75.